The van der Waals surface area contributed by atoms with Crippen LogP contribution in [0.4, 0.5) is 10.5 Å². The molecule has 1 atom stereocenters. The number of nitrogens with one attached hydrogen (secondary N) is 2. The molecule has 2 aromatic carbocycles. The summed E-state index contributed by atoms with van der Waals surface area (Å²) in [6.45, 7) is 23.3. The minimum absolute atomic E-state index is 0.0247. The Hall–Kier alpha value is -4.79. The Kier molecular flexibility index (Phi) is 19.8. The lowest BCUT2D eigenvalue weighted by Gasteiger charge is -2.42. The third-order valence-corrected chi connectivity index (χ3v) is 12.3. The Labute approximate surface area is 383 Å². The highest BCUT2D eigenvalue weighted by atomic mass is 16.7. The lowest BCUT2D eigenvalue weighted by molar-refractivity contribution is -0.135. The van der Waals surface area contributed by atoms with Crippen LogP contribution in [0, 0.1) is 18.3 Å². The van der Waals surface area contributed by atoms with Crippen LogP contribution in [-0.4, -0.2) is 145 Å². The molecule has 0 bridgehead atoms. The van der Waals surface area contributed by atoms with E-state index in [1.165, 1.54) is 12.8 Å². The number of para-hydroxylation sites is 1. The second kappa shape index (κ2) is 24.5. The molecule has 3 saturated heterocycles. The number of piperidine rings is 2. The van der Waals surface area contributed by atoms with Gasteiger partial charge < -0.3 is 34.8 Å². The number of likely N-dealkylation sites (tertiary alicyclic amines) is 2. The molecule has 14 nitrogen and oxygen atoms in total. The van der Waals surface area contributed by atoms with Gasteiger partial charge in [0.25, 0.3) is 0 Å². The van der Waals surface area contributed by atoms with Crippen LogP contribution in [-0.2, 0) is 37.0 Å². The quantitative estimate of drug-likeness (QED) is 0.0962. The molecule has 4 heterocycles. The van der Waals surface area contributed by atoms with E-state index < -0.39 is 11.8 Å². The van der Waals surface area contributed by atoms with Gasteiger partial charge in [-0.15, -0.1) is 0 Å². The van der Waals surface area contributed by atoms with Gasteiger partial charge in [0, 0.05) is 69.6 Å². The van der Waals surface area contributed by atoms with Crippen molar-refractivity contribution < 1.29 is 28.7 Å². The number of allylic oxidation sites excluding steroid dienone is 1. The maximum absolute atomic E-state index is 13.5. The first-order valence-corrected chi connectivity index (χ1v) is 23.4. The van der Waals surface area contributed by atoms with E-state index in [1.807, 2.05) is 90.2 Å². The first-order valence-electron chi connectivity index (χ1n) is 23.4. The number of piperazine rings is 1. The smallest absolute Gasteiger partial charge is 0.428 e. The maximum atomic E-state index is 13.5. The van der Waals surface area contributed by atoms with Crippen molar-refractivity contribution in [3.8, 4) is 0 Å². The number of ether oxygens (including phenoxy) is 2. The molecule has 3 fully saturated rings. The summed E-state index contributed by atoms with van der Waals surface area (Å²) in [5.74, 6) is 0.406. The van der Waals surface area contributed by atoms with Crippen molar-refractivity contribution >= 4 is 47.4 Å². The van der Waals surface area contributed by atoms with Gasteiger partial charge in [-0.3, -0.25) is 19.3 Å². The summed E-state index contributed by atoms with van der Waals surface area (Å²) in [7, 11) is 5.93. The zero-order valence-electron chi connectivity index (χ0n) is 40.7. The van der Waals surface area contributed by atoms with Crippen LogP contribution in [0.25, 0.3) is 17.0 Å². The van der Waals surface area contributed by atoms with Gasteiger partial charge in [-0.05, 0) is 138 Å². The number of rotatable bonds is 14. The summed E-state index contributed by atoms with van der Waals surface area (Å²) in [5, 5.41) is 12.0. The molecule has 3 aromatic rings. The first-order chi connectivity index (χ1) is 30.5. The average Bonchev–Trinajstić information content (AvgIpc) is 3.70. The van der Waals surface area contributed by atoms with Crippen molar-refractivity contribution in [2.24, 2.45) is 11.3 Å². The Morgan fingerprint density at radius 2 is 1.56 bits per heavy atom. The Balaban J connectivity index is 0.000000340. The van der Waals surface area contributed by atoms with Gasteiger partial charge >= 0.3 is 6.16 Å². The molecule has 0 saturated carbocycles. The zero-order valence-corrected chi connectivity index (χ0v) is 40.7. The Bertz CT molecular complexity index is 1980. The summed E-state index contributed by atoms with van der Waals surface area (Å²) in [4.78, 5) is 56.7. The topological polar surface area (TPSA) is 142 Å². The van der Waals surface area contributed by atoms with E-state index in [4.69, 9.17) is 9.47 Å². The number of benzene rings is 2. The first kappa shape index (κ1) is 51.8. The molecule has 3 aliphatic heterocycles. The van der Waals surface area contributed by atoms with Gasteiger partial charge in [-0.25, -0.2) is 9.48 Å². The van der Waals surface area contributed by atoms with Gasteiger partial charge in [-0.2, -0.15) is 5.10 Å². The van der Waals surface area contributed by atoms with Gasteiger partial charge in [0.05, 0.1) is 11.6 Å². The molecule has 1 aromatic heterocycles. The monoisotopic (exact) mass is 887 g/mol. The molecular formula is C50H78N8O6. The molecule has 6 rings (SSSR count). The predicted molar refractivity (Wildman–Crippen MR) is 257 cm³/mol. The number of likely N-dealkylation sites (N-methyl/N-ethyl adjacent to an activating group) is 1. The SMILES string of the molecule is CC.CN[C@H](Cc1cc(C)c2nn(COC(=O)OC(C)(C)CC(C)(C)C)cc2c1)C(=O)N1CCN(C2CCN(C)CC2)CC1.CNc1ccccc1/C=C(\C=O)C1CCN(C=O)CC1. The number of hydrogen-bond donors (Lipinski definition) is 2. The van der Waals surface area contributed by atoms with Crippen molar-refractivity contribution in [1.29, 1.82) is 0 Å². The lowest BCUT2D eigenvalue weighted by Crippen LogP contribution is -2.57. The van der Waals surface area contributed by atoms with E-state index in [2.05, 4.69) is 65.5 Å². The van der Waals surface area contributed by atoms with Gasteiger partial charge in [0.2, 0.25) is 12.3 Å². The van der Waals surface area contributed by atoms with E-state index in [1.54, 1.807) is 9.58 Å². The van der Waals surface area contributed by atoms with E-state index in [0.717, 1.165) is 117 Å². The molecule has 14 heteroatoms. The second-order valence-electron chi connectivity index (χ2n) is 19.1. The number of hydrogen-bond acceptors (Lipinski definition) is 11. The fraction of sp³-hybridized carbons (Fsp3) is 0.620. The number of aryl methyl sites for hydroxylation is 1. The van der Waals surface area contributed by atoms with Crippen LogP contribution in [0.5, 0.6) is 0 Å². The van der Waals surface area contributed by atoms with E-state index >= 15 is 0 Å². The number of carbonyl (C=O) groups is 4. The molecule has 0 aliphatic carbocycles. The summed E-state index contributed by atoms with van der Waals surface area (Å²) in [5.41, 5.74) is 5.19. The van der Waals surface area contributed by atoms with Crippen LogP contribution >= 0.6 is 0 Å². The number of nitrogens with zero attached hydrogens (tertiary/aromatic N) is 6. The highest BCUT2D eigenvalue weighted by Crippen LogP contribution is 2.30. The highest BCUT2D eigenvalue weighted by Gasteiger charge is 2.32. The summed E-state index contributed by atoms with van der Waals surface area (Å²) in [6.07, 6.45) is 10.4. The third kappa shape index (κ3) is 15.4. The standard InChI is InChI=1S/C32H52N6O4.C16H20N2O2.C2H6/c1-23-17-24(18-25-20-38(34-28(23)25)22-41-30(40)42-32(5,6)21-31(2,3)4)19-27(33-7)29(39)37-15-13-36(14-16-37)26-9-11-35(8)12-10-26;1-17-16-5-3-2-4-14(16)10-15(11-19)13-6-8-18(12-20)9-7-13;1-2/h17-18,20,26-27,33H,9-16,19,21-22H2,1-8H3;2-5,10-13,17H,6-9H2,1H3;1-2H3/b;15-10+;/t27-;;/m1../s1. The fourth-order valence-corrected chi connectivity index (χ4v) is 9.36. The fourth-order valence-electron chi connectivity index (χ4n) is 9.36. The maximum Gasteiger partial charge on any atom is 0.510 e. The number of aromatic nitrogens is 2. The lowest BCUT2D eigenvalue weighted by atomic mass is 9.84. The molecule has 0 unspecified atom stereocenters. The Morgan fingerprint density at radius 3 is 2.16 bits per heavy atom. The second-order valence-corrected chi connectivity index (χ2v) is 19.1. The van der Waals surface area contributed by atoms with Crippen molar-refractivity contribution in [3.05, 3.63) is 64.9 Å². The number of aldehydes is 1. The van der Waals surface area contributed by atoms with E-state index in [9.17, 15) is 19.2 Å². The molecule has 0 radical (unpaired) electrons. The van der Waals surface area contributed by atoms with Crippen LogP contribution in [0.1, 0.15) is 97.3 Å². The van der Waals surface area contributed by atoms with Crippen LogP contribution in [0.3, 0.4) is 0 Å². The van der Waals surface area contributed by atoms with Crippen molar-refractivity contribution in [1.82, 2.24) is 34.7 Å². The number of fused-ring (bicyclic) bond motifs is 1. The number of amides is 2. The predicted octanol–water partition coefficient (Wildman–Crippen LogP) is 7.24. The minimum atomic E-state index is -0.705. The van der Waals surface area contributed by atoms with Crippen LogP contribution in [0.15, 0.2) is 48.2 Å². The van der Waals surface area contributed by atoms with Crippen molar-refractivity contribution in [2.45, 2.75) is 118 Å². The third-order valence-electron chi connectivity index (χ3n) is 12.3. The number of anilines is 1. The molecule has 354 valence electrons. The molecular weight excluding hydrogens is 809 g/mol. The molecule has 3 aliphatic rings. The van der Waals surface area contributed by atoms with Gasteiger partial charge in [0.1, 0.15) is 11.9 Å². The van der Waals surface area contributed by atoms with Crippen LogP contribution < -0.4 is 10.6 Å². The largest absolute Gasteiger partial charge is 0.510 e. The summed E-state index contributed by atoms with van der Waals surface area (Å²) < 4.78 is 12.6. The Morgan fingerprint density at radius 1 is 0.906 bits per heavy atom. The van der Waals surface area contributed by atoms with E-state index in [0.29, 0.717) is 18.9 Å². The molecule has 2 N–H and O–H groups in total. The van der Waals surface area contributed by atoms with Gasteiger partial charge in [0.15, 0.2) is 6.73 Å². The van der Waals surface area contributed by atoms with Crippen molar-refractivity contribution in [2.75, 3.05) is 78.8 Å². The zero-order chi connectivity index (χ0) is 47.0. The summed E-state index contributed by atoms with van der Waals surface area (Å²) >= 11 is 0. The van der Waals surface area contributed by atoms with Crippen molar-refractivity contribution in [3.63, 3.8) is 0 Å². The average molecular weight is 887 g/mol. The number of carbonyl (C=O) groups excluding carboxylic acids is 4. The van der Waals surface area contributed by atoms with Gasteiger partial charge in [-0.1, -0.05) is 58.9 Å². The molecule has 64 heavy (non-hydrogen) atoms. The minimum Gasteiger partial charge on any atom is -0.428 e. The van der Waals surface area contributed by atoms with E-state index in [-0.39, 0.29) is 30.0 Å². The van der Waals surface area contributed by atoms with Crippen LogP contribution in [0.2, 0.25) is 0 Å². The summed E-state index contributed by atoms with van der Waals surface area (Å²) in [6, 6.07) is 12.4. The molecule has 0 spiro atoms. The highest BCUT2D eigenvalue weighted by molar-refractivity contribution is 5.85. The molecule has 2 amide bonds. The normalized spacial score (nSPS) is 17.7.